The lowest BCUT2D eigenvalue weighted by Gasteiger charge is -2.08. The van der Waals surface area contributed by atoms with Gasteiger partial charge in [0.15, 0.2) is 5.82 Å². The number of H-pyrrole nitrogens is 2. The van der Waals surface area contributed by atoms with E-state index in [1.807, 2.05) is 36.4 Å². The molecule has 0 aliphatic carbocycles. The number of aromatic nitrogens is 4. The van der Waals surface area contributed by atoms with Gasteiger partial charge in [-0.1, -0.05) is 56.3 Å². The fraction of sp³-hybridized carbons (Fsp3) is 0.160. The predicted octanol–water partition coefficient (Wildman–Crippen LogP) is 5.16. The second-order valence-electron chi connectivity index (χ2n) is 8.01. The molecule has 0 saturated carbocycles. The van der Waals surface area contributed by atoms with E-state index in [1.165, 1.54) is 5.56 Å². The van der Waals surface area contributed by atoms with Crippen LogP contribution in [0.4, 0.5) is 0 Å². The number of fused-ring (bicyclic) bond motifs is 2. The molecule has 3 N–H and O–H groups in total. The minimum absolute atomic E-state index is 0.115. The van der Waals surface area contributed by atoms with E-state index in [9.17, 15) is 4.79 Å². The van der Waals surface area contributed by atoms with Crippen LogP contribution in [0.25, 0.3) is 33.5 Å². The number of nitrogens with one attached hydrogen (secondary N) is 3. The zero-order valence-electron chi connectivity index (χ0n) is 17.4. The van der Waals surface area contributed by atoms with Crippen LogP contribution >= 0.6 is 0 Å². The number of hydrogen-bond acceptors (Lipinski definition) is 3. The molecule has 0 aliphatic rings. The Kier molecular flexibility index (Phi) is 4.75. The maximum atomic E-state index is 12.7. The van der Waals surface area contributed by atoms with Gasteiger partial charge in [-0.25, -0.2) is 4.98 Å². The monoisotopic (exact) mass is 409 g/mol. The van der Waals surface area contributed by atoms with Crippen molar-refractivity contribution in [2.75, 3.05) is 0 Å². The van der Waals surface area contributed by atoms with Gasteiger partial charge in [-0.15, -0.1) is 0 Å². The van der Waals surface area contributed by atoms with Gasteiger partial charge in [0, 0.05) is 17.5 Å². The van der Waals surface area contributed by atoms with Crippen LogP contribution in [0.1, 0.15) is 41.3 Å². The van der Waals surface area contributed by atoms with E-state index < -0.39 is 0 Å². The molecule has 0 aliphatic heterocycles. The summed E-state index contributed by atoms with van der Waals surface area (Å²) in [4.78, 5) is 20.6. The number of imidazole rings is 1. The van der Waals surface area contributed by atoms with E-state index in [0.29, 0.717) is 23.9 Å². The molecule has 0 atom stereocenters. The van der Waals surface area contributed by atoms with Crippen LogP contribution in [-0.4, -0.2) is 26.1 Å². The van der Waals surface area contributed by atoms with Crippen LogP contribution in [-0.2, 0) is 6.54 Å². The van der Waals surface area contributed by atoms with E-state index in [1.54, 1.807) is 6.07 Å². The lowest BCUT2D eigenvalue weighted by atomic mass is 10.0. The molecule has 31 heavy (non-hydrogen) atoms. The number of benzene rings is 3. The van der Waals surface area contributed by atoms with Gasteiger partial charge in [0.2, 0.25) is 0 Å². The fourth-order valence-corrected chi connectivity index (χ4v) is 3.71. The molecule has 154 valence electrons. The first-order valence-corrected chi connectivity index (χ1v) is 10.4. The van der Waals surface area contributed by atoms with Gasteiger partial charge in [0.05, 0.1) is 16.6 Å². The molecule has 0 spiro atoms. The molecule has 3 aromatic carbocycles. The third-order valence-electron chi connectivity index (χ3n) is 5.54. The molecule has 0 saturated heterocycles. The average molecular weight is 409 g/mol. The molecule has 2 heterocycles. The van der Waals surface area contributed by atoms with Crippen LogP contribution in [0.15, 0.2) is 66.7 Å². The SMILES string of the molecule is CC(C)c1ccc(CNC(=O)c2ccc3nc(-c4n[nH]c5ccccc45)[nH]c3c2)cc1. The van der Waals surface area contributed by atoms with E-state index >= 15 is 0 Å². The maximum Gasteiger partial charge on any atom is 0.251 e. The minimum atomic E-state index is -0.115. The highest BCUT2D eigenvalue weighted by atomic mass is 16.1. The number of para-hydroxylation sites is 1. The average Bonchev–Trinajstić information content (AvgIpc) is 3.41. The summed E-state index contributed by atoms with van der Waals surface area (Å²) in [7, 11) is 0. The van der Waals surface area contributed by atoms with E-state index in [4.69, 9.17) is 0 Å². The number of aromatic amines is 2. The first-order chi connectivity index (χ1) is 15.1. The van der Waals surface area contributed by atoms with Crippen LogP contribution < -0.4 is 5.32 Å². The zero-order valence-corrected chi connectivity index (χ0v) is 17.4. The van der Waals surface area contributed by atoms with Crippen molar-refractivity contribution in [1.82, 2.24) is 25.5 Å². The van der Waals surface area contributed by atoms with E-state index in [2.05, 4.69) is 63.6 Å². The number of carbonyl (C=O) groups excluding carboxylic acids is 1. The molecule has 5 rings (SSSR count). The standard InChI is InChI=1S/C25H23N5O/c1-15(2)17-9-7-16(8-10-17)14-26-25(31)18-11-12-21-22(13-18)28-24(27-21)23-19-5-3-4-6-20(19)29-30-23/h3-13,15H,14H2,1-2H3,(H,26,31)(H,27,28)(H,29,30). The van der Waals surface area contributed by atoms with Crippen LogP contribution in [0.3, 0.4) is 0 Å². The molecular weight excluding hydrogens is 386 g/mol. The molecule has 0 bridgehead atoms. The number of hydrogen-bond donors (Lipinski definition) is 3. The van der Waals surface area contributed by atoms with E-state index in [0.717, 1.165) is 33.2 Å². The summed E-state index contributed by atoms with van der Waals surface area (Å²) >= 11 is 0. The van der Waals surface area contributed by atoms with Crippen molar-refractivity contribution in [3.8, 4) is 11.5 Å². The van der Waals surface area contributed by atoms with Crippen molar-refractivity contribution >= 4 is 27.8 Å². The normalized spacial score (nSPS) is 11.5. The first-order valence-electron chi connectivity index (χ1n) is 10.4. The molecule has 1 amide bonds. The van der Waals surface area contributed by atoms with Gasteiger partial charge in [-0.3, -0.25) is 9.89 Å². The summed E-state index contributed by atoms with van der Waals surface area (Å²) in [5.41, 5.74) is 6.28. The van der Waals surface area contributed by atoms with Crippen molar-refractivity contribution in [2.45, 2.75) is 26.3 Å². The maximum absolute atomic E-state index is 12.7. The van der Waals surface area contributed by atoms with Crippen LogP contribution in [0.5, 0.6) is 0 Å². The topological polar surface area (TPSA) is 86.5 Å². The summed E-state index contributed by atoms with van der Waals surface area (Å²) in [5.74, 6) is 1.06. The largest absolute Gasteiger partial charge is 0.348 e. The molecule has 0 unspecified atom stereocenters. The van der Waals surface area contributed by atoms with Crippen LogP contribution in [0, 0.1) is 0 Å². The molecule has 0 fully saturated rings. The molecule has 2 aromatic heterocycles. The van der Waals surface area contributed by atoms with Gasteiger partial charge in [0.25, 0.3) is 5.91 Å². The third-order valence-corrected chi connectivity index (χ3v) is 5.54. The Bertz CT molecular complexity index is 1380. The minimum Gasteiger partial charge on any atom is -0.348 e. The van der Waals surface area contributed by atoms with Gasteiger partial charge in [0.1, 0.15) is 5.69 Å². The summed E-state index contributed by atoms with van der Waals surface area (Å²) in [6.45, 7) is 4.83. The highest BCUT2D eigenvalue weighted by molar-refractivity contribution is 5.98. The number of nitrogens with zero attached hydrogens (tertiary/aromatic N) is 2. The Morgan fingerprint density at radius 2 is 1.81 bits per heavy atom. The van der Waals surface area contributed by atoms with E-state index in [-0.39, 0.29) is 5.91 Å². The number of amides is 1. The predicted molar refractivity (Wildman–Crippen MR) is 123 cm³/mol. The van der Waals surface area contributed by atoms with Crippen molar-refractivity contribution in [1.29, 1.82) is 0 Å². The van der Waals surface area contributed by atoms with Crippen molar-refractivity contribution < 1.29 is 4.79 Å². The highest BCUT2D eigenvalue weighted by Crippen LogP contribution is 2.26. The van der Waals surface area contributed by atoms with Crippen molar-refractivity contribution in [3.05, 3.63) is 83.4 Å². The van der Waals surface area contributed by atoms with Gasteiger partial charge in [-0.2, -0.15) is 5.10 Å². The van der Waals surface area contributed by atoms with Crippen molar-refractivity contribution in [2.24, 2.45) is 0 Å². The Balaban J connectivity index is 1.35. The fourth-order valence-electron chi connectivity index (χ4n) is 3.71. The van der Waals surface area contributed by atoms with Gasteiger partial charge in [-0.05, 0) is 41.3 Å². The summed E-state index contributed by atoms with van der Waals surface area (Å²) in [6.07, 6.45) is 0. The lowest BCUT2D eigenvalue weighted by Crippen LogP contribution is -2.22. The zero-order chi connectivity index (χ0) is 21.4. The second kappa shape index (κ2) is 7.72. The third kappa shape index (κ3) is 3.68. The molecule has 6 heteroatoms. The quantitative estimate of drug-likeness (QED) is 0.375. The molecule has 6 nitrogen and oxygen atoms in total. The van der Waals surface area contributed by atoms with Crippen molar-refractivity contribution in [3.63, 3.8) is 0 Å². The van der Waals surface area contributed by atoms with Gasteiger partial charge < -0.3 is 10.3 Å². The number of carbonyl (C=O) groups is 1. The summed E-state index contributed by atoms with van der Waals surface area (Å²) in [5, 5.41) is 11.4. The highest BCUT2D eigenvalue weighted by Gasteiger charge is 2.14. The van der Waals surface area contributed by atoms with Gasteiger partial charge >= 0.3 is 0 Å². The smallest absolute Gasteiger partial charge is 0.251 e. The summed E-state index contributed by atoms with van der Waals surface area (Å²) < 4.78 is 0. The Labute approximate surface area is 179 Å². The molecular formula is C25H23N5O. The first kappa shape index (κ1) is 19.1. The molecule has 5 aromatic rings. The number of rotatable bonds is 5. The Morgan fingerprint density at radius 1 is 1.00 bits per heavy atom. The lowest BCUT2D eigenvalue weighted by molar-refractivity contribution is 0.0951. The van der Waals surface area contributed by atoms with Crippen LogP contribution in [0.2, 0.25) is 0 Å². The second-order valence-corrected chi connectivity index (χ2v) is 8.01. The Hall–Kier alpha value is -3.93. The summed E-state index contributed by atoms with van der Waals surface area (Å²) in [6, 6.07) is 21.8. The Morgan fingerprint density at radius 3 is 2.61 bits per heavy atom. The molecule has 0 radical (unpaired) electrons.